The number of nitrogens with one attached hydrogen (secondary N) is 1. The molecule has 0 aliphatic carbocycles. The molecule has 1 saturated heterocycles. The Morgan fingerprint density at radius 3 is 2.58 bits per heavy atom. The number of rotatable bonds is 3. The molecule has 0 aromatic heterocycles. The van der Waals surface area contributed by atoms with Crippen molar-refractivity contribution in [2.45, 2.75) is 25.3 Å². The van der Waals surface area contributed by atoms with Gasteiger partial charge in [-0.25, -0.2) is 4.39 Å². The van der Waals surface area contributed by atoms with Crippen LogP contribution in [-0.2, 0) is 0 Å². The highest BCUT2D eigenvalue weighted by molar-refractivity contribution is 6.30. The summed E-state index contributed by atoms with van der Waals surface area (Å²) in [5.74, 6) is -0.115. The smallest absolute Gasteiger partial charge is 0.253 e. The highest BCUT2D eigenvalue weighted by atomic mass is 35.5. The number of likely N-dealkylation sites (N-methyl/N-ethyl adjacent to an activating group) is 1. The van der Waals surface area contributed by atoms with Gasteiger partial charge in [-0.15, -0.1) is 12.4 Å². The van der Waals surface area contributed by atoms with Crippen molar-refractivity contribution in [3.8, 4) is 0 Å². The van der Waals surface area contributed by atoms with E-state index in [1.165, 1.54) is 6.07 Å². The zero-order chi connectivity index (χ0) is 18.0. The van der Waals surface area contributed by atoms with Gasteiger partial charge in [0.25, 0.3) is 5.91 Å². The topological polar surface area (TPSA) is 32.3 Å². The summed E-state index contributed by atoms with van der Waals surface area (Å²) in [7, 11) is 1.85. The van der Waals surface area contributed by atoms with E-state index >= 15 is 0 Å². The molecule has 1 amide bonds. The number of nitrogens with zero attached hydrogens (tertiary/aromatic N) is 1. The molecule has 140 valence electrons. The van der Waals surface area contributed by atoms with E-state index in [0.717, 1.165) is 30.6 Å². The van der Waals surface area contributed by atoms with E-state index in [9.17, 15) is 9.18 Å². The summed E-state index contributed by atoms with van der Waals surface area (Å²) in [4.78, 5) is 14.7. The lowest BCUT2D eigenvalue weighted by molar-refractivity contribution is 0.0678. The first-order valence-electron chi connectivity index (χ1n) is 8.47. The van der Waals surface area contributed by atoms with E-state index in [0.29, 0.717) is 10.6 Å². The minimum atomic E-state index is -0.229. The van der Waals surface area contributed by atoms with Gasteiger partial charge in [0.1, 0.15) is 5.82 Å². The molecule has 3 rings (SSSR count). The lowest BCUT2D eigenvalue weighted by Gasteiger charge is -2.39. The van der Waals surface area contributed by atoms with Crippen molar-refractivity contribution in [1.29, 1.82) is 0 Å². The molecule has 3 nitrogen and oxygen atoms in total. The molecule has 6 heteroatoms. The van der Waals surface area contributed by atoms with Crippen LogP contribution in [0.4, 0.5) is 4.39 Å². The van der Waals surface area contributed by atoms with E-state index in [1.807, 2.05) is 24.9 Å². The summed E-state index contributed by atoms with van der Waals surface area (Å²) in [6.45, 7) is 3.56. The maximum absolute atomic E-state index is 13.5. The second kappa shape index (κ2) is 8.85. The SMILES string of the molecule is Cc1cc(F)ccc1[C@@H]1CNCC[C@H]1N(C)C(=O)c1ccc(Cl)cc1.Cl. The largest absolute Gasteiger partial charge is 0.338 e. The zero-order valence-electron chi connectivity index (χ0n) is 14.8. The Labute approximate surface area is 164 Å². The van der Waals surface area contributed by atoms with Gasteiger partial charge in [-0.2, -0.15) is 0 Å². The van der Waals surface area contributed by atoms with Crippen LogP contribution in [0.25, 0.3) is 0 Å². The Morgan fingerprint density at radius 2 is 1.92 bits per heavy atom. The number of halogens is 3. The number of hydrogen-bond acceptors (Lipinski definition) is 2. The monoisotopic (exact) mass is 396 g/mol. The first kappa shape index (κ1) is 20.7. The van der Waals surface area contributed by atoms with Crippen LogP contribution in [0.2, 0.25) is 5.02 Å². The molecule has 1 aliphatic rings. The predicted molar refractivity (Wildman–Crippen MR) is 106 cm³/mol. The van der Waals surface area contributed by atoms with Gasteiger partial charge in [0, 0.05) is 36.1 Å². The van der Waals surface area contributed by atoms with Crippen LogP contribution < -0.4 is 5.32 Å². The van der Waals surface area contributed by atoms with Crippen molar-refractivity contribution in [3.05, 3.63) is 70.0 Å². The summed E-state index contributed by atoms with van der Waals surface area (Å²) in [6.07, 6.45) is 0.858. The summed E-state index contributed by atoms with van der Waals surface area (Å²) >= 11 is 5.91. The van der Waals surface area contributed by atoms with Crippen LogP contribution in [0.5, 0.6) is 0 Å². The summed E-state index contributed by atoms with van der Waals surface area (Å²) in [6, 6.07) is 11.9. The van der Waals surface area contributed by atoms with Gasteiger partial charge in [0.2, 0.25) is 0 Å². The fourth-order valence-electron chi connectivity index (χ4n) is 3.63. The van der Waals surface area contributed by atoms with Crippen LogP contribution in [0.15, 0.2) is 42.5 Å². The van der Waals surface area contributed by atoms with E-state index in [1.54, 1.807) is 30.3 Å². The second-order valence-electron chi connectivity index (χ2n) is 6.59. The number of carbonyl (C=O) groups excluding carboxylic acids is 1. The Bertz CT molecular complexity index is 767. The van der Waals surface area contributed by atoms with Crippen molar-refractivity contribution in [2.75, 3.05) is 20.1 Å². The van der Waals surface area contributed by atoms with Crippen molar-refractivity contribution in [1.82, 2.24) is 10.2 Å². The van der Waals surface area contributed by atoms with Gasteiger partial charge in [0.15, 0.2) is 0 Å². The number of carbonyl (C=O) groups is 1. The van der Waals surface area contributed by atoms with Crippen LogP contribution >= 0.6 is 24.0 Å². The van der Waals surface area contributed by atoms with Gasteiger partial charge in [-0.05, 0) is 67.4 Å². The third-order valence-electron chi connectivity index (χ3n) is 4.99. The molecule has 0 bridgehead atoms. The molecule has 2 aromatic carbocycles. The Balaban J connectivity index is 0.00000243. The number of hydrogen-bond donors (Lipinski definition) is 1. The second-order valence-corrected chi connectivity index (χ2v) is 7.03. The van der Waals surface area contributed by atoms with E-state index in [2.05, 4.69) is 5.32 Å². The van der Waals surface area contributed by atoms with E-state index in [4.69, 9.17) is 11.6 Å². The maximum atomic E-state index is 13.5. The van der Waals surface area contributed by atoms with Crippen LogP contribution in [0.1, 0.15) is 33.8 Å². The lowest BCUT2D eigenvalue weighted by Crippen LogP contribution is -2.49. The minimum Gasteiger partial charge on any atom is -0.338 e. The van der Waals surface area contributed by atoms with E-state index < -0.39 is 0 Å². The molecule has 0 spiro atoms. The third kappa shape index (κ3) is 4.37. The average molecular weight is 397 g/mol. The first-order chi connectivity index (χ1) is 12.0. The maximum Gasteiger partial charge on any atom is 0.253 e. The average Bonchev–Trinajstić information content (AvgIpc) is 2.61. The zero-order valence-corrected chi connectivity index (χ0v) is 16.4. The fourth-order valence-corrected chi connectivity index (χ4v) is 3.75. The van der Waals surface area contributed by atoms with Crippen molar-refractivity contribution in [3.63, 3.8) is 0 Å². The summed E-state index contributed by atoms with van der Waals surface area (Å²) in [5.41, 5.74) is 2.64. The number of aryl methyl sites for hydroxylation is 1. The Morgan fingerprint density at radius 1 is 1.23 bits per heavy atom. The molecule has 1 fully saturated rings. The quantitative estimate of drug-likeness (QED) is 0.831. The van der Waals surface area contributed by atoms with Crippen LogP contribution in [0, 0.1) is 12.7 Å². The third-order valence-corrected chi connectivity index (χ3v) is 5.24. The molecule has 1 aliphatic heterocycles. The standard InChI is InChI=1S/C20H22ClFN2O.ClH/c1-13-11-16(22)7-8-17(13)18-12-23-10-9-19(18)24(2)20(25)14-3-5-15(21)6-4-14;/h3-8,11,18-19,23H,9-10,12H2,1-2H3;1H/t18-,19+;/m0./s1. The number of amides is 1. The molecule has 26 heavy (non-hydrogen) atoms. The van der Waals surface area contributed by atoms with Crippen molar-refractivity contribution >= 4 is 29.9 Å². The fraction of sp³-hybridized carbons (Fsp3) is 0.350. The van der Waals surface area contributed by atoms with Gasteiger partial charge in [-0.1, -0.05) is 17.7 Å². The molecule has 0 saturated carbocycles. The summed E-state index contributed by atoms with van der Waals surface area (Å²) < 4.78 is 13.5. The van der Waals surface area contributed by atoms with Gasteiger partial charge in [0.05, 0.1) is 0 Å². The molecule has 2 aromatic rings. The molecule has 2 atom stereocenters. The molecular weight excluding hydrogens is 374 g/mol. The van der Waals surface area contributed by atoms with Crippen molar-refractivity contribution < 1.29 is 9.18 Å². The summed E-state index contributed by atoms with van der Waals surface area (Å²) in [5, 5.41) is 4.01. The molecule has 0 radical (unpaired) electrons. The number of benzene rings is 2. The van der Waals surface area contributed by atoms with Crippen molar-refractivity contribution in [2.24, 2.45) is 0 Å². The van der Waals surface area contributed by atoms with Gasteiger partial charge < -0.3 is 10.2 Å². The minimum absolute atomic E-state index is 0. The first-order valence-corrected chi connectivity index (χ1v) is 8.84. The molecule has 0 unspecified atom stereocenters. The normalized spacial score (nSPS) is 19.5. The van der Waals surface area contributed by atoms with Gasteiger partial charge >= 0.3 is 0 Å². The molecule has 1 N–H and O–H groups in total. The van der Waals surface area contributed by atoms with Crippen LogP contribution in [-0.4, -0.2) is 37.0 Å². The van der Waals surface area contributed by atoms with Gasteiger partial charge in [-0.3, -0.25) is 4.79 Å². The molecule has 1 heterocycles. The van der Waals surface area contributed by atoms with Crippen LogP contribution in [0.3, 0.4) is 0 Å². The van der Waals surface area contributed by atoms with E-state index in [-0.39, 0.29) is 36.1 Å². The highest BCUT2D eigenvalue weighted by Gasteiger charge is 2.33. The predicted octanol–water partition coefficient (Wildman–Crippen LogP) is 4.43. The Hall–Kier alpha value is -1.62. The Kier molecular flexibility index (Phi) is 7.04. The molecular formula is C20H23Cl2FN2O. The highest BCUT2D eigenvalue weighted by Crippen LogP contribution is 2.30. The number of piperidine rings is 1. The lowest BCUT2D eigenvalue weighted by atomic mass is 9.83.